The van der Waals surface area contributed by atoms with Crippen LogP contribution in [0.1, 0.15) is 28.5 Å². The number of aromatic nitrogens is 2. The van der Waals surface area contributed by atoms with Crippen molar-refractivity contribution in [1.29, 1.82) is 0 Å². The predicted octanol–water partition coefficient (Wildman–Crippen LogP) is 4.90. The van der Waals surface area contributed by atoms with Gasteiger partial charge in [-0.1, -0.05) is 96.1 Å². The summed E-state index contributed by atoms with van der Waals surface area (Å²) in [6.45, 7) is 1.80. The zero-order valence-corrected chi connectivity index (χ0v) is 20.6. The van der Waals surface area contributed by atoms with Crippen molar-refractivity contribution in [3.63, 3.8) is 0 Å². The molecular weight excluding hydrogens is 482 g/mol. The van der Waals surface area contributed by atoms with Crippen LogP contribution in [-0.4, -0.2) is 34.4 Å². The van der Waals surface area contributed by atoms with E-state index in [0.29, 0.717) is 5.56 Å². The Kier molecular flexibility index (Phi) is 6.17. The maximum atomic E-state index is 12.0. The molecule has 0 unspecified atom stereocenters. The molecule has 4 aromatic rings. The maximum Gasteiger partial charge on any atom is 0.302 e. The Bertz CT molecular complexity index is 1440. The molecule has 0 bridgehead atoms. The number of fused-ring (bicyclic) bond motifs is 3. The summed E-state index contributed by atoms with van der Waals surface area (Å²) in [5, 5.41) is 4.03. The fourth-order valence-electron chi connectivity index (χ4n) is 5.33. The molecule has 0 N–H and O–H groups in total. The molecule has 0 aliphatic carbocycles. The van der Waals surface area contributed by atoms with Crippen LogP contribution >= 0.6 is 0 Å². The van der Waals surface area contributed by atoms with Crippen molar-refractivity contribution >= 4 is 0 Å². The lowest BCUT2D eigenvalue weighted by Gasteiger charge is -2.37. The van der Waals surface area contributed by atoms with Crippen molar-refractivity contribution in [3.8, 4) is 6.01 Å². The van der Waals surface area contributed by atoms with Crippen LogP contribution in [0.25, 0.3) is 10.4 Å². The van der Waals surface area contributed by atoms with Crippen LogP contribution < -0.4 is 10.3 Å². The first-order valence-corrected chi connectivity index (χ1v) is 12.4. The highest BCUT2D eigenvalue weighted by Crippen LogP contribution is 2.44. The molecule has 3 aromatic carbocycles. The third-order valence-corrected chi connectivity index (χ3v) is 7.11. The van der Waals surface area contributed by atoms with E-state index >= 15 is 0 Å². The van der Waals surface area contributed by atoms with E-state index in [1.165, 1.54) is 0 Å². The predicted molar refractivity (Wildman–Crippen MR) is 140 cm³/mol. The van der Waals surface area contributed by atoms with Gasteiger partial charge in [-0.05, 0) is 29.1 Å². The van der Waals surface area contributed by atoms with Crippen LogP contribution in [0.3, 0.4) is 0 Å². The molecule has 1 saturated heterocycles. The van der Waals surface area contributed by atoms with Crippen molar-refractivity contribution in [3.05, 3.63) is 140 Å². The Morgan fingerprint density at radius 2 is 1.53 bits per heavy atom. The fourth-order valence-corrected chi connectivity index (χ4v) is 5.33. The molecule has 190 valence electrons. The second kappa shape index (κ2) is 9.79. The Hall–Kier alpha value is -4.43. The highest BCUT2D eigenvalue weighted by Gasteiger charge is 2.52. The number of azide groups is 1. The molecule has 1 fully saturated rings. The summed E-state index contributed by atoms with van der Waals surface area (Å²) in [6.07, 6.45) is -0.175. The van der Waals surface area contributed by atoms with E-state index in [1.54, 1.807) is 17.7 Å². The first-order chi connectivity index (χ1) is 18.6. The normalized spacial score (nSPS) is 21.7. The highest BCUT2D eigenvalue weighted by atomic mass is 16.6. The lowest BCUT2D eigenvalue weighted by molar-refractivity contribution is -0.0785. The smallest absolute Gasteiger partial charge is 0.302 e. The number of nitrogens with zero attached hydrogens (tertiary/aromatic N) is 5. The van der Waals surface area contributed by atoms with Crippen molar-refractivity contribution < 1.29 is 14.2 Å². The molecule has 4 atom stereocenters. The number of hydrogen-bond donors (Lipinski definition) is 0. The lowest BCUT2D eigenvalue weighted by atomic mass is 9.80. The summed E-state index contributed by atoms with van der Waals surface area (Å²) in [5.74, 6) is 0. The van der Waals surface area contributed by atoms with Crippen LogP contribution in [0.4, 0.5) is 0 Å². The molecule has 0 saturated carbocycles. The molecule has 1 aromatic heterocycles. The Balaban J connectivity index is 1.40. The van der Waals surface area contributed by atoms with Gasteiger partial charge < -0.3 is 14.2 Å². The van der Waals surface area contributed by atoms with E-state index in [2.05, 4.69) is 15.0 Å². The largest absolute Gasteiger partial charge is 0.456 e. The quantitative estimate of drug-likeness (QED) is 0.153. The molecule has 38 heavy (non-hydrogen) atoms. The van der Waals surface area contributed by atoms with Crippen LogP contribution in [0.15, 0.2) is 107 Å². The number of hydrogen-bond acceptors (Lipinski definition) is 6. The van der Waals surface area contributed by atoms with Gasteiger partial charge in [0.05, 0.1) is 12.7 Å². The number of rotatable bonds is 7. The van der Waals surface area contributed by atoms with Gasteiger partial charge in [-0.2, -0.15) is 4.98 Å². The number of aryl methyl sites for hydroxylation is 1. The number of ether oxygens (including phenoxy) is 3. The van der Waals surface area contributed by atoms with E-state index in [9.17, 15) is 10.3 Å². The van der Waals surface area contributed by atoms with Gasteiger partial charge in [0.25, 0.3) is 5.56 Å². The maximum absolute atomic E-state index is 12.0. The minimum absolute atomic E-state index is 0.112. The number of benzene rings is 3. The minimum Gasteiger partial charge on any atom is -0.456 e. The molecule has 6 rings (SSSR count). The molecule has 9 nitrogen and oxygen atoms in total. The summed E-state index contributed by atoms with van der Waals surface area (Å²) in [6, 6.07) is 29.5. The average molecular weight is 508 g/mol. The van der Waals surface area contributed by atoms with Crippen molar-refractivity contribution in [2.45, 2.75) is 37.0 Å². The third-order valence-electron chi connectivity index (χ3n) is 7.11. The zero-order valence-electron chi connectivity index (χ0n) is 20.6. The lowest BCUT2D eigenvalue weighted by Crippen LogP contribution is -2.39. The average Bonchev–Trinajstić information content (AvgIpc) is 3.47. The summed E-state index contributed by atoms with van der Waals surface area (Å²) in [5.41, 5.74) is 11.4. The summed E-state index contributed by atoms with van der Waals surface area (Å²) >= 11 is 0. The molecule has 9 heteroatoms. The summed E-state index contributed by atoms with van der Waals surface area (Å²) < 4.78 is 20.9. The van der Waals surface area contributed by atoms with Gasteiger partial charge in [0, 0.05) is 16.7 Å². The Morgan fingerprint density at radius 1 is 0.974 bits per heavy atom. The molecule has 2 aliphatic rings. The molecule has 0 spiro atoms. The minimum atomic E-state index is -0.951. The van der Waals surface area contributed by atoms with E-state index in [1.807, 2.05) is 91.0 Å². The SMILES string of the molecule is Cc1cn2c(nc1=O)O[C@H]1[C@H](N=[N+]=[N-])[C@@H](COC(c3ccccc3)(c3ccccc3)c3ccccc3)O[C@H]12. The zero-order chi connectivity index (χ0) is 26.1. The molecule has 2 aliphatic heterocycles. The first kappa shape index (κ1) is 23.9. The van der Waals surface area contributed by atoms with Crippen molar-refractivity contribution in [2.75, 3.05) is 6.61 Å². The van der Waals surface area contributed by atoms with Crippen molar-refractivity contribution in [2.24, 2.45) is 5.11 Å². The van der Waals surface area contributed by atoms with E-state index in [-0.39, 0.29) is 18.2 Å². The van der Waals surface area contributed by atoms with Gasteiger partial charge in [0.2, 0.25) is 0 Å². The van der Waals surface area contributed by atoms with Gasteiger partial charge >= 0.3 is 6.01 Å². The van der Waals surface area contributed by atoms with Crippen LogP contribution in [0.2, 0.25) is 0 Å². The molecular formula is C29H25N5O4. The van der Waals surface area contributed by atoms with Gasteiger partial charge in [-0.25, -0.2) is 0 Å². The van der Waals surface area contributed by atoms with E-state index < -0.39 is 30.1 Å². The van der Waals surface area contributed by atoms with E-state index in [0.717, 1.165) is 16.7 Å². The van der Waals surface area contributed by atoms with Gasteiger partial charge in [-0.15, -0.1) is 0 Å². The fraction of sp³-hybridized carbons (Fsp3) is 0.241. The summed E-state index contributed by atoms with van der Waals surface area (Å²) in [7, 11) is 0. The standard InChI is InChI=1S/C29H25N5O4/c1-19-17-34-27-25(38-28(34)31-26(19)35)24(32-33-30)23(37-27)18-36-29(20-11-5-2-6-12-20,21-13-7-3-8-14-21)22-15-9-4-10-16-22/h2-17,23-25,27H,18H2,1H3/t23-,24-,25+,27-/m1/s1. The monoisotopic (exact) mass is 507 g/mol. The second-order valence-corrected chi connectivity index (χ2v) is 9.35. The first-order valence-electron chi connectivity index (χ1n) is 12.4. The van der Waals surface area contributed by atoms with Gasteiger partial charge in [0.15, 0.2) is 12.3 Å². The van der Waals surface area contributed by atoms with Gasteiger partial charge in [-0.3, -0.25) is 9.36 Å². The van der Waals surface area contributed by atoms with Gasteiger partial charge in [0.1, 0.15) is 11.6 Å². The van der Waals surface area contributed by atoms with Crippen LogP contribution in [0.5, 0.6) is 6.01 Å². The molecule has 3 heterocycles. The van der Waals surface area contributed by atoms with Crippen LogP contribution in [0, 0.1) is 6.92 Å². The van der Waals surface area contributed by atoms with Crippen molar-refractivity contribution in [1.82, 2.24) is 9.55 Å². The van der Waals surface area contributed by atoms with E-state index in [4.69, 9.17) is 14.2 Å². The topological polar surface area (TPSA) is 111 Å². The molecule has 0 amide bonds. The highest BCUT2D eigenvalue weighted by molar-refractivity contribution is 5.47. The summed E-state index contributed by atoms with van der Waals surface area (Å²) in [4.78, 5) is 19.1. The molecule has 0 radical (unpaired) electrons. The third kappa shape index (κ3) is 3.94. The second-order valence-electron chi connectivity index (χ2n) is 9.35. The van der Waals surface area contributed by atoms with Crippen LogP contribution in [-0.2, 0) is 15.1 Å². The Morgan fingerprint density at radius 3 is 2.05 bits per heavy atom. The Labute approximate surface area is 218 Å².